The molecule has 1 atom stereocenters. The Hall–Kier alpha value is -2.42. The van der Waals surface area contributed by atoms with Crippen molar-refractivity contribution < 1.29 is 23.1 Å². The molecule has 0 amide bonds. The van der Waals surface area contributed by atoms with E-state index in [0.717, 1.165) is 24.8 Å². The molecule has 3 rings (SSSR count). The SMILES string of the molecule is O=C(O)c1cc(S(=O)(=O)NC[C@H]2CCCO2)ccc1NCCc1ccccc1. The average molecular weight is 404 g/mol. The summed E-state index contributed by atoms with van der Waals surface area (Å²) in [5, 5.41) is 12.6. The van der Waals surface area contributed by atoms with Gasteiger partial charge in [0.15, 0.2) is 0 Å². The van der Waals surface area contributed by atoms with E-state index in [0.29, 0.717) is 18.8 Å². The molecule has 3 N–H and O–H groups in total. The first-order chi connectivity index (χ1) is 13.5. The average Bonchev–Trinajstić information content (AvgIpc) is 3.21. The minimum absolute atomic E-state index is 0.0727. The first-order valence-electron chi connectivity index (χ1n) is 9.22. The summed E-state index contributed by atoms with van der Waals surface area (Å²) in [6.07, 6.45) is 2.32. The first kappa shape index (κ1) is 20.3. The molecule has 8 heteroatoms. The van der Waals surface area contributed by atoms with Crippen molar-refractivity contribution in [2.45, 2.75) is 30.3 Å². The maximum atomic E-state index is 12.5. The molecule has 1 saturated heterocycles. The molecule has 2 aromatic rings. The van der Waals surface area contributed by atoms with Crippen LogP contribution in [0.4, 0.5) is 5.69 Å². The molecule has 0 bridgehead atoms. The van der Waals surface area contributed by atoms with Crippen LogP contribution in [0.5, 0.6) is 0 Å². The van der Waals surface area contributed by atoms with Gasteiger partial charge in [0.25, 0.3) is 0 Å². The van der Waals surface area contributed by atoms with Gasteiger partial charge in [-0.3, -0.25) is 0 Å². The number of hydrogen-bond acceptors (Lipinski definition) is 5. The van der Waals surface area contributed by atoms with Crippen LogP contribution in [-0.2, 0) is 21.2 Å². The Bertz CT molecular complexity index is 909. The molecule has 150 valence electrons. The van der Waals surface area contributed by atoms with Gasteiger partial charge in [0, 0.05) is 25.4 Å². The van der Waals surface area contributed by atoms with Gasteiger partial charge in [-0.25, -0.2) is 17.9 Å². The van der Waals surface area contributed by atoms with Gasteiger partial charge >= 0.3 is 5.97 Å². The Balaban J connectivity index is 1.68. The van der Waals surface area contributed by atoms with Crippen LogP contribution in [0.15, 0.2) is 53.4 Å². The van der Waals surface area contributed by atoms with Crippen molar-refractivity contribution in [2.24, 2.45) is 0 Å². The molecule has 0 aromatic heterocycles. The smallest absolute Gasteiger partial charge is 0.337 e. The van der Waals surface area contributed by atoms with E-state index in [1.54, 1.807) is 0 Å². The second-order valence-corrected chi connectivity index (χ2v) is 8.43. The summed E-state index contributed by atoms with van der Waals surface area (Å²) < 4.78 is 32.9. The standard InChI is InChI=1S/C20H24N2O5S/c23-20(24)18-13-17(28(25,26)22-14-16-7-4-12-27-16)8-9-19(18)21-11-10-15-5-2-1-3-6-15/h1-3,5-6,8-9,13,16,21-22H,4,7,10-12,14H2,(H,23,24)/t16-/m1/s1. The number of aromatic carboxylic acids is 1. The summed E-state index contributed by atoms with van der Waals surface area (Å²) in [7, 11) is -3.81. The van der Waals surface area contributed by atoms with E-state index < -0.39 is 16.0 Å². The Morgan fingerprint density at radius 1 is 1.18 bits per heavy atom. The highest BCUT2D eigenvalue weighted by Gasteiger charge is 2.22. The summed E-state index contributed by atoms with van der Waals surface area (Å²) in [6, 6.07) is 13.9. The van der Waals surface area contributed by atoms with Gasteiger partial charge in [0.1, 0.15) is 0 Å². The topological polar surface area (TPSA) is 105 Å². The Labute approximate surface area is 164 Å². The zero-order chi connectivity index (χ0) is 20.0. The van der Waals surface area contributed by atoms with Crippen molar-refractivity contribution in [3.05, 3.63) is 59.7 Å². The van der Waals surface area contributed by atoms with Crippen LogP contribution in [0.1, 0.15) is 28.8 Å². The van der Waals surface area contributed by atoms with Gasteiger partial charge in [-0.1, -0.05) is 30.3 Å². The second-order valence-electron chi connectivity index (χ2n) is 6.66. The Morgan fingerprint density at radius 3 is 2.64 bits per heavy atom. The van der Waals surface area contributed by atoms with Crippen LogP contribution in [0.3, 0.4) is 0 Å². The zero-order valence-corrected chi connectivity index (χ0v) is 16.2. The van der Waals surface area contributed by atoms with Gasteiger partial charge in [0.2, 0.25) is 10.0 Å². The lowest BCUT2D eigenvalue weighted by Gasteiger charge is -2.14. The fourth-order valence-electron chi connectivity index (χ4n) is 3.10. The molecule has 1 heterocycles. The fourth-order valence-corrected chi connectivity index (χ4v) is 4.19. The normalized spacial score (nSPS) is 16.8. The van der Waals surface area contributed by atoms with Gasteiger partial charge in [0.05, 0.1) is 16.6 Å². The lowest BCUT2D eigenvalue weighted by Crippen LogP contribution is -2.32. The first-order valence-corrected chi connectivity index (χ1v) is 10.7. The van der Waals surface area contributed by atoms with Crippen LogP contribution in [-0.4, -0.2) is 45.3 Å². The van der Waals surface area contributed by atoms with E-state index in [4.69, 9.17) is 4.74 Å². The highest BCUT2D eigenvalue weighted by Crippen LogP contribution is 2.21. The van der Waals surface area contributed by atoms with Crippen LogP contribution >= 0.6 is 0 Å². The number of benzene rings is 2. The van der Waals surface area contributed by atoms with Crippen LogP contribution in [0.25, 0.3) is 0 Å². The predicted octanol–water partition coefficient (Wildman–Crippen LogP) is 2.50. The largest absolute Gasteiger partial charge is 0.478 e. The molecule has 7 nitrogen and oxygen atoms in total. The van der Waals surface area contributed by atoms with Gasteiger partial charge in [-0.15, -0.1) is 0 Å². The quantitative estimate of drug-likeness (QED) is 0.593. The highest BCUT2D eigenvalue weighted by atomic mass is 32.2. The lowest BCUT2D eigenvalue weighted by molar-refractivity contribution is 0.0697. The summed E-state index contributed by atoms with van der Waals surface area (Å²) >= 11 is 0. The summed E-state index contributed by atoms with van der Waals surface area (Å²) in [6.45, 7) is 1.36. The van der Waals surface area contributed by atoms with Gasteiger partial charge < -0.3 is 15.2 Å². The van der Waals surface area contributed by atoms with E-state index in [-0.39, 0.29) is 23.1 Å². The zero-order valence-electron chi connectivity index (χ0n) is 15.4. The molecule has 2 aromatic carbocycles. The van der Waals surface area contributed by atoms with E-state index in [1.165, 1.54) is 18.2 Å². The molecule has 0 unspecified atom stereocenters. The molecular formula is C20H24N2O5S. The maximum Gasteiger partial charge on any atom is 0.337 e. The van der Waals surface area contributed by atoms with Crippen molar-refractivity contribution in [2.75, 3.05) is 25.0 Å². The minimum atomic E-state index is -3.81. The van der Waals surface area contributed by atoms with E-state index in [9.17, 15) is 18.3 Å². The van der Waals surface area contributed by atoms with E-state index >= 15 is 0 Å². The number of carboxylic acid groups (broad SMARTS) is 1. The number of rotatable bonds is 9. The van der Waals surface area contributed by atoms with Crippen LogP contribution in [0.2, 0.25) is 0 Å². The summed E-state index contributed by atoms with van der Waals surface area (Å²) in [5.74, 6) is -1.18. The molecule has 1 aliphatic rings. The number of nitrogens with one attached hydrogen (secondary N) is 2. The molecule has 1 fully saturated rings. The van der Waals surface area contributed by atoms with Crippen molar-refractivity contribution in [3.63, 3.8) is 0 Å². The number of ether oxygens (including phenoxy) is 1. The third kappa shape index (κ3) is 5.31. The molecule has 0 saturated carbocycles. The Kier molecular flexibility index (Phi) is 6.66. The third-order valence-electron chi connectivity index (χ3n) is 4.63. The minimum Gasteiger partial charge on any atom is -0.478 e. The van der Waals surface area contributed by atoms with Crippen molar-refractivity contribution in [3.8, 4) is 0 Å². The molecular weight excluding hydrogens is 380 g/mol. The van der Waals surface area contributed by atoms with E-state index in [2.05, 4.69) is 10.0 Å². The number of carboxylic acids is 1. The molecule has 0 spiro atoms. The fraction of sp³-hybridized carbons (Fsp3) is 0.350. The number of anilines is 1. The summed E-state index contributed by atoms with van der Waals surface area (Å²) in [4.78, 5) is 11.6. The van der Waals surface area contributed by atoms with Gasteiger partial charge in [-0.2, -0.15) is 0 Å². The molecule has 1 aliphatic heterocycles. The van der Waals surface area contributed by atoms with Crippen molar-refractivity contribution in [1.29, 1.82) is 0 Å². The molecule has 28 heavy (non-hydrogen) atoms. The molecule has 0 radical (unpaired) electrons. The number of hydrogen-bond donors (Lipinski definition) is 3. The lowest BCUT2D eigenvalue weighted by atomic mass is 10.1. The second kappa shape index (κ2) is 9.18. The van der Waals surface area contributed by atoms with Crippen molar-refractivity contribution in [1.82, 2.24) is 4.72 Å². The van der Waals surface area contributed by atoms with E-state index in [1.807, 2.05) is 30.3 Å². The highest BCUT2D eigenvalue weighted by molar-refractivity contribution is 7.89. The third-order valence-corrected chi connectivity index (χ3v) is 6.05. The van der Waals surface area contributed by atoms with Gasteiger partial charge in [-0.05, 0) is 43.0 Å². The van der Waals surface area contributed by atoms with Crippen molar-refractivity contribution >= 4 is 21.7 Å². The Morgan fingerprint density at radius 2 is 1.96 bits per heavy atom. The monoisotopic (exact) mass is 404 g/mol. The molecule has 0 aliphatic carbocycles. The predicted molar refractivity (Wildman–Crippen MR) is 106 cm³/mol. The maximum absolute atomic E-state index is 12.5. The number of carbonyl (C=O) groups is 1. The van der Waals surface area contributed by atoms with Crippen LogP contribution in [0, 0.1) is 0 Å². The summed E-state index contributed by atoms with van der Waals surface area (Å²) in [5.41, 5.74) is 1.44. The number of sulfonamides is 1. The van der Waals surface area contributed by atoms with Crippen LogP contribution < -0.4 is 10.0 Å².